The molecule has 24 heavy (non-hydrogen) atoms. The maximum absolute atomic E-state index is 12.6. The predicted molar refractivity (Wildman–Crippen MR) is 97.9 cm³/mol. The highest BCUT2D eigenvalue weighted by molar-refractivity contribution is 7.99. The molecule has 0 radical (unpaired) electrons. The first kappa shape index (κ1) is 17.1. The SMILES string of the molecule is O=C(NCCC1=CCCCC1)[C@@H]1CSCN1C(=O)c1ccccc1. The zero-order valence-corrected chi connectivity index (χ0v) is 14.7. The van der Waals surface area contributed by atoms with Gasteiger partial charge in [0.05, 0.1) is 5.88 Å². The molecule has 2 amide bonds. The van der Waals surface area contributed by atoms with E-state index < -0.39 is 0 Å². The number of nitrogens with zero attached hydrogens (tertiary/aromatic N) is 1. The summed E-state index contributed by atoms with van der Waals surface area (Å²) in [6.07, 6.45) is 8.12. The fourth-order valence-corrected chi connectivity index (χ4v) is 4.36. The van der Waals surface area contributed by atoms with Gasteiger partial charge < -0.3 is 10.2 Å². The first-order chi connectivity index (χ1) is 11.8. The molecule has 128 valence electrons. The van der Waals surface area contributed by atoms with Crippen LogP contribution in [0, 0.1) is 0 Å². The minimum Gasteiger partial charge on any atom is -0.354 e. The number of allylic oxidation sites excluding steroid dienone is 1. The van der Waals surface area contributed by atoms with Gasteiger partial charge in [-0.3, -0.25) is 9.59 Å². The van der Waals surface area contributed by atoms with Gasteiger partial charge in [0.1, 0.15) is 6.04 Å². The van der Waals surface area contributed by atoms with Gasteiger partial charge in [-0.2, -0.15) is 0 Å². The van der Waals surface area contributed by atoms with E-state index in [1.807, 2.05) is 18.2 Å². The average molecular weight is 344 g/mol. The standard InChI is InChI=1S/C19H24N2O2S/c22-18(20-12-11-15-7-3-1-4-8-15)17-13-24-14-21(17)19(23)16-9-5-2-6-10-16/h2,5-7,9-10,17H,1,3-4,8,11-14H2,(H,20,22)/t17-/m0/s1. The average Bonchev–Trinajstić information content (AvgIpc) is 3.12. The number of benzene rings is 1. The molecule has 3 rings (SSSR count). The number of hydrogen-bond acceptors (Lipinski definition) is 3. The van der Waals surface area contributed by atoms with Crippen LogP contribution < -0.4 is 5.32 Å². The van der Waals surface area contributed by atoms with Crippen molar-refractivity contribution in [2.75, 3.05) is 18.2 Å². The summed E-state index contributed by atoms with van der Waals surface area (Å²) in [5.41, 5.74) is 2.10. The summed E-state index contributed by atoms with van der Waals surface area (Å²) in [6.45, 7) is 0.666. The maximum Gasteiger partial charge on any atom is 0.255 e. The van der Waals surface area contributed by atoms with E-state index in [1.54, 1.807) is 28.8 Å². The summed E-state index contributed by atoms with van der Waals surface area (Å²) < 4.78 is 0. The molecular formula is C19H24N2O2S. The lowest BCUT2D eigenvalue weighted by Crippen LogP contribution is -2.47. The van der Waals surface area contributed by atoms with E-state index in [0.29, 0.717) is 23.7 Å². The van der Waals surface area contributed by atoms with Crippen molar-refractivity contribution in [2.24, 2.45) is 0 Å². The van der Waals surface area contributed by atoms with Crippen LogP contribution in [0.1, 0.15) is 42.5 Å². The fraction of sp³-hybridized carbons (Fsp3) is 0.474. The van der Waals surface area contributed by atoms with Crippen LogP contribution in [0.2, 0.25) is 0 Å². The minimum atomic E-state index is -0.358. The van der Waals surface area contributed by atoms with Crippen LogP contribution in [-0.2, 0) is 4.79 Å². The van der Waals surface area contributed by atoms with Crippen molar-refractivity contribution in [1.82, 2.24) is 10.2 Å². The molecule has 5 heteroatoms. The molecule has 0 unspecified atom stereocenters. The quantitative estimate of drug-likeness (QED) is 0.835. The number of carbonyl (C=O) groups excluding carboxylic acids is 2. The molecule has 1 N–H and O–H groups in total. The number of nitrogens with one attached hydrogen (secondary N) is 1. The smallest absolute Gasteiger partial charge is 0.255 e. The molecule has 0 bridgehead atoms. The van der Waals surface area contributed by atoms with Crippen LogP contribution in [0.15, 0.2) is 42.0 Å². The van der Waals surface area contributed by atoms with Gasteiger partial charge in [-0.15, -0.1) is 11.8 Å². The first-order valence-corrected chi connectivity index (χ1v) is 9.80. The van der Waals surface area contributed by atoms with Crippen molar-refractivity contribution in [3.8, 4) is 0 Å². The van der Waals surface area contributed by atoms with Crippen LogP contribution in [0.25, 0.3) is 0 Å². The molecule has 1 saturated heterocycles. The molecule has 1 fully saturated rings. The van der Waals surface area contributed by atoms with Gasteiger partial charge in [0.15, 0.2) is 0 Å². The Hall–Kier alpha value is -1.75. The fourth-order valence-electron chi connectivity index (χ4n) is 3.20. The van der Waals surface area contributed by atoms with Crippen molar-refractivity contribution in [1.29, 1.82) is 0 Å². The molecule has 1 aliphatic carbocycles. The van der Waals surface area contributed by atoms with E-state index in [2.05, 4.69) is 11.4 Å². The zero-order valence-electron chi connectivity index (χ0n) is 13.9. The third kappa shape index (κ3) is 4.20. The second-order valence-electron chi connectivity index (χ2n) is 6.31. The molecule has 1 aromatic carbocycles. The lowest BCUT2D eigenvalue weighted by molar-refractivity contribution is -0.124. The molecule has 1 aliphatic heterocycles. The van der Waals surface area contributed by atoms with E-state index in [9.17, 15) is 9.59 Å². The zero-order chi connectivity index (χ0) is 16.8. The number of rotatable bonds is 5. The molecule has 1 heterocycles. The van der Waals surface area contributed by atoms with Crippen LogP contribution >= 0.6 is 11.8 Å². The van der Waals surface area contributed by atoms with Crippen molar-refractivity contribution < 1.29 is 9.59 Å². The molecule has 1 aromatic rings. The molecule has 4 nitrogen and oxygen atoms in total. The Morgan fingerprint density at radius 3 is 2.79 bits per heavy atom. The van der Waals surface area contributed by atoms with Gasteiger partial charge in [-0.05, 0) is 44.2 Å². The highest BCUT2D eigenvalue weighted by Gasteiger charge is 2.34. The highest BCUT2D eigenvalue weighted by Crippen LogP contribution is 2.24. The second kappa shape index (κ2) is 8.38. The summed E-state index contributed by atoms with van der Waals surface area (Å²) >= 11 is 1.64. The van der Waals surface area contributed by atoms with Gasteiger partial charge in [0.2, 0.25) is 5.91 Å². The van der Waals surface area contributed by atoms with Crippen molar-refractivity contribution >= 4 is 23.6 Å². The van der Waals surface area contributed by atoms with Crippen molar-refractivity contribution in [3.63, 3.8) is 0 Å². The van der Waals surface area contributed by atoms with E-state index in [1.165, 1.54) is 24.8 Å². The third-order valence-corrected chi connectivity index (χ3v) is 5.61. The Morgan fingerprint density at radius 1 is 1.21 bits per heavy atom. The Kier molecular flexibility index (Phi) is 5.96. The molecule has 0 saturated carbocycles. The normalized spacial score (nSPS) is 20.6. The number of hydrogen-bond donors (Lipinski definition) is 1. The van der Waals surface area contributed by atoms with Gasteiger partial charge >= 0.3 is 0 Å². The lowest BCUT2D eigenvalue weighted by Gasteiger charge is -2.23. The minimum absolute atomic E-state index is 0.0271. The largest absolute Gasteiger partial charge is 0.354 e. The maximum atomic E-state index is 12.6. The predicted octanol–water partition coefficient (Wildman–Crippen LogP) is 3.21. The van der Waals surface area contributed by atoms with Crippen LogP contribution in [0.4, 0.5) is 0 Å². The monoisotopic (exact) mass is 344 g/mol. The Balaban J connectivity index is 1.53. The van der Waals surface area contributed by atoms with E-state index in [-0.39, 0.29) is 17.9 Å². The number of carbonyl (C=O) groups is 2. The van der Waals surface area contributed by atoms with Gasteiger partial charge in [-0.25, -0.2) is 0 Å². The summed E-state index contributed by atoms with van der Waals surface area (Å²) in [7, 11) is 0. The van der Waals surface area contributed by atoms with E-state index in [0.717, 1.165) is 12.8 Å². The Bertz CT molecular complexity index is 615. The van der Waals surface area contributed by atoms with E-state index in [4.69, 9.17) is 0 Å². The highest BCUT2D eigenvalue weighted by atomic mass is 32.2. The molecule has 1 atom stereocenters. The number of thioether (sulfide) groups is 1. The third-order valence-electron chi connectivity index (χ3n) is 4.60. The summed E-state index contributed by atoms with van der Waals surface area (Å²) in [5.74, 6) is 1.17. The van der Waals surface area contributed by atoms with Crippen LogP contribution in [0.3, 0.4) is 0 Å². The molecule has 2 aliphatic rings. The topological polar surface area (TPSA) is 49.4 Å². The lowest BCUT2D eigenvalue weighted by atomic mass is 9.97. The van der Waals surface area contributed by atoms with Crippen molar-refractivity contribution in [3.05, 3.63) is 47.5 Å². The van der Waals surface area contributed by atoms with Crippen LogP contribution in [-0.4, -0.2) is 40.9 Å². The van der Waals surface area contributed by atoms with Gasteiger partial charge in [-0.1, -0.05) is 29.8 Å². The molecule has 0 spiro atoms. The van der Waals surface area contributed by atoms with Gasteiger partial charge in [0, 0.05) is 17.9 Å². The Labute approximate surface area is 147 Å². The molecule has 0 aromatic heterocycles. The summed E-state index contributed by atoms with van der Waals surface area (Å²) in [5, 5.41) is 3.02. The Morgan fingerprint density at radius 2 is 2.04 bits per heavy atom. The summed E-state index contributed by atoms with van der Waals surface area (Å²) in [4.78, 5) is 26.8. The first-order valence-electron chi connectivity index (χ1n) is 8.65. The second-order valence-corrected chi connectivity index (χ2v) is 7.31. The van der Waals surface area contributed by atoms with E-state index >= 15 is 0 Å². The van der Waals surface area contributed by atoms with Crippen LogP contribution in [0.5, 0.6) is 0 Å². The summed E-state index contributed by atoms with van der Waals surface area (Å²) in [6, 6.07) is 8.83. The molecular weight excluding hydrogens is 320 g/mol. The van der Waals surface area contributed by atoms with Gasteiger partial charge in [0.25, 0.3) is 5.91 Å². The number of amides is 2. The van der Waals surface area contributed by atoms with Crippen molar-refractivity contribution in [2.45, 2.75) is 38.1 Å².